The van der Waals surface area contributed by atoms with Gasteiger partial charge in [-0.1, -0.05) is 11.6 Å². The van der Waals surface area contributed by atoms with Crippen molar-refractivity contribution in [1.82, 2.24) is 10.2 Å². The summed E-state index contributed by atoms with van der Waals surface area (Å²) in [6.45, 7) is 5.21. The van der Waals surface area contributed by atoms with Crippen molar-refractivity contribution in [2.75, 3.05) is 26.2 Å². The van der Waals surface area contributed by atoms with Gasteiger partial charge in [-0.25, -0.2) is 0 Å². The van der Waals surface area contributed by atoms with Gasteiger partial charge in [-0.05, 0) is 30.7 Å². The first-order valence-corrected chi connectivity index (χ1v) is 5.82. The zero-order chi connectivity index (χ0) is 11.5. The fraction of sp³-hybridized carbons (Fsp3) is 0.417. The molecule has 1 N–H and O–H groups in total. The molecular formula is C12H16Cl2N2O. The maximum atomic E-state index is 12.1. The van der Waals surface area contributed by atoms with Crippen molar-refractivity contribution in [3.05, 3.63) is 34.3 Å². The largest absolute Gasteiger partial charge is 0.336 e. The van der Waals surface area contributed by atoms with Crippen molar-refractivity contribution >= 4 is 29.9 Å². The van der Waals surface area contributed by atoms with E-state index in [4.69, 9.17) is 11.6 Å². The zero-order valence-electron chi connectivity index (χ0n) is 9.70. The first kappa shape index (κ1) is 14.3. The molecule has 1 aliphatic rings. The molecule has 0 unspecified atom stereocenters. The van der Waals surface area contributed by atoms with Gasteiger partial charge in [0.25, 0.3) is 5.91 Å². The van der Waals surface area contributed by atoms with Gasteiger partial charge in [0.15, 0.2) is 0 Å². The summed E-state index contributed by atoms with van der Waals surface area (Å²) < 4.78 is 0. The number of halogens is 2. The molecule has 3 nitrogen and oxygen atoms in total. The number of nitrogens with one attached hydrogen (secondary N) is 1. The van der Waals surface area contributed by atoms with E-state index >= 15 is 0 Å². The Morgan fingerprint density at radius 2 is 1.94 bits per heavy atom. The lowest BCUT2D eigenvalue weighted by atomic mass is 10.1. The van der Waals surface area contributed by atoms with Crippen molar-refractivity contribution in [2.24, 2.45) is 0 Å². The maximum Gasteiger partial charge on any atom is 0.254 e. The van der Waals surface area contributed by atoms with Gasteiger partial charge in [0.1, 0.15) is 0 Å². The Balaban J connectivity index is 0.00000144. The number of rotatable bonds is 1. The standard InChI is InChI=1S/C12H15ClN2O.ClH/c1-9-6-10(8-11(13)7-9)12(16)15-4-2-14-3-5-15;/h6-8,14H,2-5H2,1H3;1H. The highest BCUT2D eigenvalue weighted by Gasteiger charge is 2.18. The molecule has 2 rings (SSSR count). The molecule has 0 saturated carbocycles. The average molecular weight is 275 g/mol. The first-order valence-electron chi connectivity index (χ1n) is 5.44. The van der Waals surface area contributed by atoms with E-state index in [1.807, 2.05) is 24.0 Å². The summed E-state index contributed by atoms with van der Waals surface area (Å²) >= 11 is 5.95. The predicted octanol–water partition coefficient (Wildman–Crippen LogP) is 2.12. The minimum atomic E-state index is 0. The molecule has 17 heavy (non-hydrogen) atoms. The lowest BCUT2D eigenvalue weighted by Gasteiger charge is -2.27. The molecule has 0 aliphatic carbocycles. The van der Waals surface area contributed by atoms with Crippen LogP contribution in [0.25, 0.3) is 0 Å². The van der Waals surface area contributed by atoms with Crippen LogP contribution < -0.4 is 5.32 Å². The minimum Gasteiger partial charge on any atom is -0.336 e. The van der Waals surface area contributed by atoms with Gasteiger partial charge in [0, 0.05) is 36.8 Å². The Morgan fingerprint density at radius 1 is 1.29 bits per heavy atom. The SMILES string of the molecule is Cc1cc(Cl)cc(C(=O)N2CCNCC2)c1.Cl. The third-order valence-electron chi connectivity index (χ3n) is 2.69. The van der Waals surface area contributed by atoms with Crippen LogP contribution in [-0.4, -0.2) is 37.0 Å². The topological polar surface area (TPSA) is 32.3 Å². The highest BCUT2D eigenvalue weighted by Crippen LogP contribution is 2.16. The summed E-state index contributed by atoms with van der Waals surface area (Å²) in [5, 5.41) is 3.85. The fourth-order valence-corrected chi connectivity index (χ4v) is 2.20. The van der Waals surface area contributed by atoms with Crippen molar-refractivity contribution in [3.8, 4) is 0 Å². The van der Waals surface area contributed by atoms with Crippen LogP contribution in [0.1, 0.15) is 15.9 Å². The second-order valence-corrected chi connectivity index (χ2v) is 4.50. The summed E-state index contributed by atoms with van der Waals surface area (Å²) in [6, 6.07) is 5.48. The number of benzene rings is 1. The molecule has 1 aromatic rings. The molecule has 94 valence electrons. The van der Waals surface area contributed by atoms with Crippen LogP contribution >= 0.6 is 24.0 Å². The molecule has 0 aromatic heterocycles. The number of carbonyl (C=O) groups excluding carboxylic acids is 1. The van der Waals surface area contributed by atoms with E-state index in [9.17, 15) is 4.79 Å². The summed E-state index contributed by atoms with van der Waals surface area (Å²) in [5.74, 6) is 0.0760. The number of hydrogen-bond acceptors (Lipinski definition) is 2. The molecule has 1 fully saturated rings. The Bertz CT molecular complexity index is 383. The maximum absolute atomic E-state index is 12.1. The average Bonchev–Trinajstić information content (AvgIpc) is 2.28. The van der Waals surface area contributed by atoms with Crippen LogP contribution in [-0.2, 0) is 0 Å². The second kappa shape index (κ2) is 6.24. The summed E-state index contributed by atoms with van der Waals surface area (Å²) in [6.07, 6.45) is 0. The van der Waals surface area contributed by atoms with Crippen molar-refractivity contribution < 1.29 is 4.79 Å². The normalized spacial score (nSPS) is 15.3. The molecule has 1 amide bonds. The molecule has 1 heterocycles. The van der Waals surface area contributed by atoms with E-state index < -0.39 is 0 Å². The highest BCUT2D eigenvalue weighted by molar-refractivity contribution is 6.31. The number of piperazine rings is 1. The fourth-order valence-electron chi connectivity index (χ4n) is 1.91. The lowest BCUT2D eigenvalue weighted by Crippen LogP contribution is -2.46. The monoisotopic (exact) mass is 274 g/mol. The number of carbonyl (C=O) groups is 1. The number of nitrogens with zero attached hydrogens (tertiary/aromatic N) is 1. The summed E-state index contributed by atoms with van der Waals surface area (Å²) in [5.41, 5.74) is 1.71. The van der Waals surface area contributed by atoms with Crippen LogP contribution in [0, 0.1) is 6.92 Å². The molecule has 1 aromatic carbocycles. The summed E-state index contributed by atoms with van der Waals surface area (Å²) in [4.78, 5) is 14.0. The minimum absolute atomic E-state index is 0. The third kappa shape index (κ3) is 3.60. The first-order chi connectivity index (χ1) is 7.66. The number of aryl methyl sites for hydroxylation is 1. The van der Waals surface area contributed by atoms with Crippen molar-refractivity contribution in [2.45, 2.75) is 6.92 Å². The van der Waals surface area contributed by atoms with Crippen LogP contribution in [0.3, 0.4) is 0 Å². The molecule has 0 atom stereocenters. The van der Waals surface area contributed by atoms with Crippen LogP contribution in [0.15, 0.2) is 18.2 Å². The van der Waals surface area contributed by atoms with E-state index in [1.165, 1.54) is 0 Å². The summed E-state index contributed by atoms with van der Waals surface area (Å²) in [7, 11) is 0. The third-order valence-corrected chi connectivity index (χ3v) is 2.91. The molecular weight excluding hydrogens is 259 g/mol. The molecule has 0 radical (unpaired) electrons. The lowest BCUT2D eigenvalue weighted by molar-refractivity contribution is 0.0735. The van der Waals surface area contributed by atoms with Crippen molar-refractivity contribution in [3.63, 3.8) is 0 Å². The predicted molar refractivity (Wildman–Crippen MR) is 72.2 cm³/mol. The highest BCUT2D eigenvalue weighted by atomic mass is 35.5. The molecule has 5 heteroatoms. The van der Waals surface area contributed by atoms with E-state index in [1.54, 1.807) is 6.07 Å². The second-order valence-electron chi connectivity index (χ2n) is 4.06. The van der Waals surface area contributed by atoms with Crippen molar-refractivity contribution in [1.29, 1.82) is 0 Å². The quantitative estimate of drug-likeness (QED) is 0.851. The molecule has 1 aliphatic heterocycles. The van der Waals surface area contributed by atoms with E-state index in [0.29, 0.717) is 10.6 Å². The number of amides is 1. The van der Waals surface area contributed by atoms with Gasteiger partial charge < -0.3 is 10.2 Å². The molecule has 0 bridgehead atoms. The molecule has 0 spiro atoms. The van der Waals surface area contributed by atoms with Crippen LogP contribution in [0.4, 0.5) is 0 Å². The smallest absolute Gasteiger partial charge is 0.254 e. The van der Waals surface area contributed by atoms with Gasteiger partial charge >= 0.3 is 0 Å². The Kier molecular flexibility index (Phi) is 5.25. The van der Waals surface area contributed by atoms with Gasteiger partial charge in [0.05, 0.1) is 0 Å². The van der Waals surface area contributed by atoms with E-state index in [2.05, 4.69) is 5.32 Å². The Morgan fingerprint density at radius 3 is 2.53 bits per heavy atom. The number of hydrogen-bond donors (Lipinski definition) is 1. The zero-order valence-corrected chi connectivity index (χ0v) is 11.3. The van der Waals surface area contributed by atoms with Gasteiger partial charge in [-0.2, -0.15) is 0 Å². The molecule has 1 saturated heterocycles. The van der Waals surface area contributed by atoms with E-state index in [-0.39, 0.29) is 18.3 Å². The van der Waals surface area contributed by atoms with Gasteiger partial charge in [0.2, 0.25) is 0 Å². The van der Waals surface area contributed by atoms with Crippen LogP contribution in [0.5, 0.6) is 0 Å². The Labute approximate surface area is 113 Å². The Hall–Kier alpha value is -0.770. The van der Waals surface area contributed by atoms with E-state index in [0.717, 1.165) is 31.7 Å². The van der Waals surface area contributed by atoms with Gasteiger partial charge in [-0.3, -0.25) is 4.79 Å². The van der Waals surface area contributed by atoms with Gasteiger partial charge in [-0.15, -0.1) is 12.4 Å². The van der Waals surface area contributed by atoms with Crippen LogP contribution in [0.2, 0.25) is 5.02 Å².